The van der Waals surface area contributed by atoms with Crippen LogP contribution in [-0.4, -0.2) is 28.1 Å². The van der Waals surface area contributed by atoms with Crippen molar-refractivity contribution in [3.63, 3.8) is 0 Å². The average Bonchev–Trinajstić information content (AvgIpc) is 3.11. The van der Waals surface area contributed by atoms with Crippen LogP contribution < -0.4 is 0 Å². The number of hydrogen-bond acceptors (Lipinski definition) is 6. The number of para-hydroxylation sites is 1. The number of unbranched alkanes of at least 4 members (excludes halogenated alkanes) is 1. The average molecular weight is 364 g/mol. The molecule has 3 rings (SSSR count). The summed E-state index contributed by atoms with van der Waals surface area (Å²) in [5, 5.41) is 0. The van der Waals surface area contributed by atoms with Gasteiger partial charge in [-0.1, -0.05) is 43.7 Å². The van der Waals surface area contributed by atoms with Gasteiger partial charge in [0.15, 0.2) is 15.7 Å². The van der Waals surface area contributed by atoms with E-state index in [-0.39, 0.29) is 23.4 Å². The number of nitrogens with zero attached hydrogens (tertiary/aromatic N) is 1. The van der Waals surface area contributed by atoms with Gasteiger partial charge in [0.25, 0.3) is 0 Å². The molecule has 2 heterocycles. The third-order valence-corrected chi connectivity index (χ3v) is 6.57. The van der Waals surface area contributed by atoms with Crippen LogP contribution in [0.5, 0.6) is 0 Å². The number of cyclic esters (lactones) is 1. The second-order valence-electron chi connectivity index (χ2n) is 6.35. The molecule has 0 amide bonds. The van der Waals surface area contributed by atoms with Gasteiger partial charge in [-0.3, -0.25) is 9.59 Å². The zero-order valence-corrected chi connectivity index (χ0v) is 15.5. The first-order chi connectivity index (χ1) is 11.5. The van der Waals surface area contributed by atoms with Crippen LogP contribution in [0.2, 0.25) is 0 Å². The third-order valence-electron chi connectivity index (χ3n) is 4.39. The van der Waals surface area contributed by atoms with Gasteiger partial charge in [-0.2, -0.15) is 0 Å². The Morgan fingerprint density at radius 1 is 1.46 bits per heavy atom. The minimum Gasteiger partial charge on any atom is -0.451 e. The molecule has 0 bridgehead atoms. The first-order valence-corrected chi connectivity index (χ1v) is 10.1. The lowest BCUT2D eigenvalue weighted by molar-refractivity contribution is -0.156. The summed E-state index contributed by atoms with van der Waals surface area (Å²) in [5.74, 6) is -0.0980. The molecule has 1 fully saturated rings. The van der Waals surface area contributed by atoms with Crippen LogP contribution in [0.15, 0.2) is 28.6 Å². The first-order valence-electron chi connectivity index (χ1n) is 8.26. The Morgan fingerprint density at radius 2 is 2.25 bits per heavy atom. The Bertz CT molecular complexity index is 725. The molecular formula is C18H21NO3S2. The highest BCUT2D eigenvalue weighted by Gasteiger charge is 2.47. The Balaban J connectivity index is 1.61. The van der Waals surface area contributed by atoms with E-state index in [2.05, 4.69) is 11.9 Å². The van der Waals surface area contributed by atoms with Gasteiger partial charge in [0, 0.05) is 6.42 Å². The monoisotopic (exact) mass is 363 g/mol. The minimum absolute atomic E-state index is 0.0286. The molecule has 0 saturated carbocycles. The van der Waals surface area contributed by atoms with Gasteiger partial charge >= 0.3 is 5.97 Å². The number of esters is 1. The number of Topliss-reactive ketones (excluding diaryl/α,β-unsaturated/α-hetero) is 1. The number of hydrogen-bond donors (Lipinski definition) is 0. The van der Waals surface area contributed by atoms with Crippen LogP contribution in [0.4, 0.5) is 0 Å². The van der Waals surface area contributed by atoms with E-state index in [0.717, 1.165) is 33.8 Å². The Labute approximate surface area is 150 Å². The van der Waals surface area contributed by atoms with Crippen molar-refractivity contribution in [3.8, 4) is 0 Å². The number of aromatic nitrogens is 1. The Morgan fingerprint density at radius 3 is 3.00 bits per heavy atom. The number of carbonyl (C=O) groups excluding carboxylic acids is 2. The zero-order valence-electron chi connectivity index (χ0n) is 13.9. The molecule has 0 N–H and O–H groups in total. The van der Waals surface area contributed by atoms with Gasteiger partial charge in [0.1, 0.15) is 0 Å². The highest BCUT2D eigenvalue weighted by atomic mass is 32.2. The van der Waals surface area contributed by atoms with Crippen molar-refractivity contribution in [2.45, 2.75) is 49.5 Å². The van der Waals surface area contributed by atoms with Crippen molar-refractivity contribution >= 4 is 45.1 Å². The number of thiazole rings is 1. The highest BCUT2D eigenvalue weighted by Crippen LogP contribution is 2.37. The lowest BCUT2D eigenvalue weighted by atomic mass is 9.90. The predicted octanol–water partition coefficient (Wildman–Crippen LogP) is 4.47. The maximum Gasteiger partial charge on any atom is 0.310 e. The van der Waals surface area contributed by atoms with Crippen LogP contribution in [0.1, 0.15) is 39.5 Å². The van der Waals surface area contributed by atoms with E-state index in [0.29, 0.717) is 6.42 Å². The standard InChI is InChI=1S/C18H21NO3S2/c1-3-4-7-12-10-18(2,22-16(12)21)15(20)11-23-17-19-13-8-5-6-9-14(13)24-17/h5-6,8-9,12H,3-4,7,10-11H2,1-2H3/t12-,18-/m0/s1. The molecule has 2 atom stereocenters. The molecule has 0 spiro atoms. The number of benzene rings is 1. The van der Waals surface area contributed by atoms with Crippen LogP contribution in [0.25, 0.3) is 10.2 Å². The maximum absolute atomic E-state index is 12.6. The van der Waals surface area contributed by atoms with Crippen LogP contribution in [0.3, 0.4) is 0 Å². The molecule has 1 aromatic carbocycles. The zero-order chi connectivity index (χ0) is 17.2. The maximum atomic E-state index is 12.6. The lowest BCUT2D eigenvalue weighted by Crippen LogP contribution is -2.36. The molecule has 24 heavy (non-hydrogen) atoms. The lowest BCUT2D eigenvalue weighted by Gasteiger charge is -2.20. The van der Waals surface area contributed by atoms with Crippen LogP contribution in [0, 0.1) is 5.92 Å². The molecule has 0 radical (unpaired) electrons. The fourth-order valence-corrected chi connectivity index (χ4v) is 5.04. The molecule has 2 aromatic rings. The SMILES string of the molecule is CCCC[C@H]1C[C@@](C)(C(=O)CSc2nc3ccccc3s2)OC1=O. The van der Waals surface area contributed by atoms with Crippen LogP contribution >= 0.6 is 23.1 Å². The molecule has 1 saturated heterocycles. The fraction of sp³-hybridized carbons (Fsp3) is 0.500. The second kappa shape index (κ2) is 7.23. The summed E-state index contributed by atoms with van der Waals surface area (Å²) < 4.78 is 7.44. The van der Waals surface area contributed by atoms with Gasteiger partial charge in [-0.15, -0.1) is 11.3 Å². The van der Waals surface area contributed by atoms with Crippen molar-refractivity contribution < 1.29 is 14.3 Å². The van der Waals surface area contributed by atoms with Gasteiger partial charge in [0.05, 0.1) is 21.9 Å². The van der Waals surface area contributed by atoms with E-state index in [1.807, 2.05) is 24.3 Å². The molecule has 128 valence electrons. The summed E-state index contributed by atoms with van der Waals surface area (Å²) in [5.41, 5.74) is -0.0188. The summed E-state index contributed by atoms with van der Waals surface area (Å²) in [6.45, 7) is 3.84. The van der Waals surface area contributed by atoms with Crippen molar-refractivity contribution in [1.82, 2.24) is 4.98 Å². The fourth-order valence-electron chi connectivity index (χ4n) is 2.93. The number of carbonyl (C=O) groups is 2. The smallest absolute Gasteiger partial charge is 0.310 e. The Hall–Kier alpha value is -1.40. The van der Waals surface area contributed by atoms with E-state index in [1.54, 1.807) is 18.3 Å². The largest absolute Gasteiger partial charge is 0.451 e. The highest BCUT2D eigenvalue weighted by molar-refractivity contribution is 8.01. The topological polar surface area (TPSA) is 56.3 Å². The molecule has 1 aliphatic rings. The van der Waals surface area contributed by atoms with E-state index in [9.17, 15) is 9.59 Å². The summed E-state index contributed by atoms with van der Waals surface area (Å²) in [4.78, 5) is 29.1. The van der Waals surface area contributed by atoms with E-state index in [1.165, 1.54) is 11.8 Å². The molecule has 6 heteroatoms. The van der Waals surface area contributed by atoms with Gasteiger partial charge in [-0.05, 0) is 25.5 Å². The van der Waals surface area contributed by atoms with Crippen molar-refractivity contribution in [3.05, 3.63) is 24.3 Å². The number of ether oxygens (including phenoxy) is 1. The number of thioether (sulfide) groups is 1. The minimum atomic E-state index is -0.973. The van der Waals surface area contributed by atoms with E-state index < -0.39 is 5.60 Å². The quantitative estimate of drug-likeness (QED) is 0.537. The van der Waals surface area contributed by atoms with Gasteiger partial charge in [-0.25, -0.2) is 4.98 Å². The Kier molecular flexibility index (Phi) is 5.25. The third kappa shape index (κ3) is 3.64. The molecule has 0 unspecified atom stereocenters. The summed E-state index contributed by atoms with van der Waals surface area (Å²) in [7, 11) is 0. The molecule has 1 aromatic heterocycles. The van der Waals surface area contributed by atoms with Crippen molar-refractivity contribution in [2.24, 2.45) is 5.92 Å². The molecular weight excluding hydrogens is 342 g/mol. The second-order valence-corrected chi connectivity index (χ2v) is 8.61. The summed E-state index contributed by atoms with van der Waals surface area (Å²) in [6.07, 6.45) is 3.35. The molecule has 1 aliphatic heterocycles. The summed E-state index contributed by atoms with van der Waals surface area (Å²) >= 11 is 3.01. The van der Waals surface area contributed by atoms with Crippen molar-refractivity contribution in [1.29, 1.82) is 0 Å². The number of ketones is 1. The van der Waals surface area contributed by atoms with Crippen LogP contribution in [-0.2, 0) is 14.3 Å². The molecule has 4 nitrogen and oxygen atoms in total. The van der Waals surface area contributed by atoms with E-state index >= 15 is 0 Å². The number of rotatable bonds is 7. The normalized spacial score (nSPS) is 23.6. The molecule has 0 aliphatic carbocycles. The first kappa shape index (κ1) is 17.4. The number of fused-ring (bicyclic) bond motifs is 1. The van der Waals surface area contributed by atoms with E-state index in [4.69, 9.17) is 4.74 Å². The van der Waals surface area contributed by atoms with Gasteiger partial charge < -0.3 is 4.74 Å². The predicted molar refractivity (Wildman–Crippen MR) is 97.5 cm³/mol. The summed E-state index contributed by atoms with van der Waals surface area (Å²) in [6, 6.07) is 7.93. The van der Waals surface area contributed by atoms with Crippen molar-refractivity contribution in [2.75, 3.05) is 5.75 Å². The van der Waals surface area contributed by atoms with Gasteiger partial charge in [0.2, 0.25) is 0 Å².